The number of nitriles is 2. The molecule has 0 aromatic carbocycles. The smallest absolute Gasteiger partial charge is 0.231 e. The molecular weight excluding hydrogens is 168 g/mol. The Bertz CT molecular complexity index is 217. The summed E-state index contributed by atoms with van der Waals surface area (Å²) in [7, 11) is -1.80. The first-order chi connectivity index (χ1) is 5.39. The number of rotatable bonds is 3. The third-order valence-electron chi connectivity index (χ3n) is 1.34. The quantitative estimate of drug-likeness (QED) is 0.627. The lowest BCUT2D eigenvalue weighted by Gasteiger charge is -2.26. The predicted molar refractivity (Wildman–Crippen MR) is 48.7 cm³/mol. The van der Waals surface area contributed by atoms with Gasteiger partial charge in [0, 0.05) is 6.42 Å². The number of hydrogen-bond donors (Lipinski definition) is 0. The molecule has 0 rings (SSSR count). The Kier molecular flexibility index (Phi) is 3.45. The van der Waals surface area contributed by atoms with Crippen LogP contribution in [-0.2, 0) is 4.43 Å². The van der Waals surface area contributed by atoms with Gasteiger partial charge in [-0.3, -0.25) is 0 Å². The molecule has 0 aliphatic heterocycles. The fourth-order valence-corrected chi connectivity index (χ4v) is 2.10. The Balaban J connectivity index is 4.60. The summed E-state index contributed by atoms with van der Waals surface area (Å²) >= 11 is 0. The summed E-state index contributed by atoms with van der Waals surface area (Å²) in [5.41, 5.74) is -1.22. The van der Waals surface area contributed by atoms with Gasteiger partial charge in [0.25, 0.3) is 0 Å². The van der Waals surface area contributed by atoms with Crippen LogP contribution in [0, 0.1) is 22.7 Å². The maximum atomic E-state index is 8.76. The molecule has 12 heavy (non-hydrogen) atoms. The van der Waals surface area contributed by atoms with E-state index in [0.717, 1.165) is 0 Å². The molecule has 0 aromatic rings. The van der Waals surface area contributed by atoms with Crippen LogP contribution in [0.2, 0.25) is 19.6 Å². The molecule has 0 fully saturated rings. The topological polar surface area (TPSA) is 56.8 Å². The monoisotopic (exact) mass is 182 g/mol. The van der Waals surface area contributed by atoms with Gasteiger partial charge in [-0.2, -0.15) is 10.5 Å². The minimum absolute atomic E-state index is 0.421. The zero-order chi connectivity index (χ0) is 9.83. The third-order valence-corrected chi connectivity index (χ3v) is 2.30. The molecule has 0 radical (unpaired) electrons. The van der Waals surface area contributed by atoms with Gasteiger partial charge in [0.1, 0.15) is 12.1 Å². The minimum Gasteiger partial charge on any atom is -0.389 e. The zero-order valence-electron chi connectivity index (χ0n) is 8.01. The van der Waals surface area contributed by atoms with Crippen LogP contribution in [0.15, 0.2) is 0 Å². The number of nitrogens with zero attached hydrogens (tertiary/aromatic N) is 2. The van der Waals surface area contributed by atoms with Crippen LogP contribution in [0.25, 0.3) is 0 Å². The van der Waals surface area contributed by atoms with Crippen LogP contribution in [0.3, 0.4) is 0 Å². The average molecular weight is 182 g/mol. The summed E-state index contributed by atoms with van der Waals surface area (Å²) in [6, 6.07) is 3.85. The van der Waals surface area contributed by atoms with Gasteiger partial charge >= 0.3 is 0 Å². The van der Waals surface area contributed by atoms with Crippen molar-refractivity contribution in [3.8, 4) is 12.1 Å². The zero-order valence-corrected chi connectivity index (χ0v) is 9.01. The molecular formula is C8H14N2OSi. The van der Waals surface area contributed by atoms with Gasteiger partial charge in [-0.05, 0) is 19.6 Å². The molecule has 0 spiro atoms. The van der Waals surface area contributed by atoms with Crippen LogP contribution in [0.4, 0.5) is 0 Å². The van der Waals surface area contributed by atoms with E-state index in [4.69, 9.17) is 14.9 Å². The van der Waals surface area contributed by atoms with E-state index in [2.05, 4.69) is 0 Å². The van der Waals surface area contributed by atoms with Crippen LogP contribution < -0.4 is 0 Å². The van der Waals surface area contributed by atoms with Gasteiger partial charge in [0.2, 0.25) is 5.60 Å². The van der Waals surface area contributed by atoms with Crippen LogP contribution in [0.5, 0.6) is 0 Å². The van der Waals surface area contributed by atoms with Gasteiger partial charge < -0.3 is 4.43 Å². The highest BCUT2D eigenvalue weighted by Gasteiger charge is 2.34. The average Bonchev–Trinajstić information content (AvgIpc) is 1.99. The van der Waals surface area contributed by atoms with Crippen molar-refractivity contribution in [2.45, 2.75) is 38.6 Å². The maximum Gasteiger partial charge on any atom is 0.231 e. The predicted octanol–water partition coefficient (Wildman–Crippen LogP) is 2.03. The van der Waals surface area contributed by atoms with Crippen molar-refractivity contribution in [1.82, 2.24) is 0 Å². The molecule has 0 aliphatic carbocycles. The summed E-state index contributed by atoms with van der Waals surface area (Å²) in [5, 5.41) is 17.5. The third kappa shape index (κ3) is 3.04. The summed E-state index contributed by atoms with van der Waals surface area (Å²) in [6.45, 7) is 7.68. The van der Waals surface area contributed by atoms with E-state index in [1.807, 2.05) is 31.8 Å². The second-order valence-electron chi connectivity index (χ2n) is 3.62. The van der Waals surface area contributed by atoms with Crippen molar-refractivity contribution in [3.63, 3.8) is 0 Å². The Labute approximate surface area is 74.7 Å². The van der Waals surface area contributed by atoms with Crippen LogP contribution in [-0.4, -0.2) is 13.9 Å². The van der Waals surface area contributed by atoms with E-state index in [9.17, 15) is 0 Å². The maximum absolute atomic E-state index is 8.76. The lowest BCUT2D eigenvalue weighted by Crippen LogP contribution is -2.40. The molecule has 0 saturated heterocycles. The first kappa shape index (κ1) is 11.2. The first-order valence-corrected chi connectivity index (χ1v) is 7.32. The molecule has 0 atom stereocenters. The van der Waals surface area contributed by atoms with Gasteiger partial charge in [-0.15, -0.1) is 0 Å². The molecule has 0 bridgehead atoms. The van der Waals surface area contributed by atoms with Crippen LogP contribution in [0.1, 0.15) is 13.3 Å². The summed E-state index contributed by atoms with van der Waals surface area (Å²) < 4.78 is 5.49. The van der Waals surface area contributed by atoms with Crippen molar-refractivity contribution in [2.24, 2.45) is 0 Å². The Hall–Kier alpha value is -0.843. The van der Waals surface area contributed by atoms with E-state index in [0.29, 0.717) is 6.42 Å². The lowest BCUT2D eigenvalue weighted by atomic mass is 10.1. The van der Waals surface area contributed by atoms with Crippen molar-refractivity contribution in [1.29, 1.82) is 10.5 Å². The Morgan fingerprint density at radius 3 is 1.75 bits per heavy atom. The van der Waals surface area contributed by atoms with Crippen molar-refractivity contribution < 1.29 is 4.43 Å². The van der Waals surface area contributed by atoms with E-state index in [1.165, 1.54) is 0 Å². The van der Waals surface area contributed by atoms with E-state index >= 15 is 0 Å². The highest BCUT2D eigenvalue weighted by atomic mass is 28.4. The minimum atomic E-state index is -1.80. The van der Waals surface area contributed by atoms with Crippen molar-refractivity contribution >= 4 is 8.32 Å². The second-order valence-corrected chi connectivity index (χ2v) is 8.05. The molecule has 3 nitrogen and oxygen atoms in total. The first-order valence-electron chi connectivity index (χ1n) is 3.92. The normalized spacial score (nSPS) is 11.8. The molecule has 66 valence electrons. The van der Waals surface area contributed by atoms with Crippen molar-refractivity contribution in [3.05, 3.63) is 0 Å². The highest BCUT2D eigenvalue weighted by Crippen LogP contribution is 2.19. The fourth-order valence-electron chi connectivity index (χ4n) is 0.824. The Morgan fingerprint density at radius 1 is 1.25 bits per heavy atom. The van der Waals surface area contributed by atoms with Crippen molar-refractivity contribution in [2.75, 3.05) is 0 Å². The lowest BCUT2D eigenvalue weighted by molar-refractivity contribution is 0.174. The van der Waals surface area contributed by atoms with E-state index in [1.54, 1.807) is 6.92 Å². The van der Waals surface area contributed by atoms with Gasteiger partial charge in [0.15, 0.2) is 8.32 Å². The SMILES string of the molecule is CCC(C#N)(C#N)O[Si](C)(C)C. The van der Waals surface area contributed by atoms with Gasteiger partial charge in [-0.1, -0.05) is 6.92 Å². The largest absolute Gasteiger partial charge is 0.389 e. The molecule has 0 N–H and O–H groups in total. The summed E-state index contributed by atoms with van der Waals surface area (Å²) in [5.74, 6) is 0. The molecule has 4 heteroatoms. The second kappa shape index (κ2) is 3.71. The van der Waals surface area contributed by atoms with Gasteiger partial charge in [0.05, 0.1) is 0 Å². The molecule has 0 aromatic heterocycles. The Morgan fingerprint density at radius 2 is 1.67 bits per heavy atom. The molecule has 0 amide bonds. The van der Waals surface area contributed by atoms with Gasteiger partial charge in [-0.25, -0.2) is 0 Å². The fraction of sp³-hybridized carbons (Fsp3) is 0.750. The molecule has 0 aliphatic rings. The highest BCUT2D eigenvalue weighted by molar-refractivity contribution is 6.69. The standard InChI is InChI=1S/C8H14N2OSi/c1-5-8(6-9,7-10)11-12(2,3)4/h5H2,1-4H3. The van der Waals surface area contributed by atoms with E-state index in [-0.39, 0.29) is 0 Å². The molecule has 0 saturated carbocycles. The van der Waals surface area contributed by atoms with Crippen LogP contribution >= 0.6 is 0 Å². The van der Waals surface area contributed by atoms with E-state index < -0.39 is 13.9 Å². The summed E-state index contributed by atoms with van der Waals surface area (Å²) in [6.07, 6.45) is 0.421. The molecule has 0 heterocycles. The number of hydrogen-bond acceptors (Lipinski definition) is 3. The summed E-state index contributed by atoms with van der Waals surface area (Å²) in [4.78, 5) is 0. The molecule has 0 unspecified atom stereocenters.